The van der Waals surface area contributed by atoms with E-state index in [4.69, 9.17) is 0 Å². The van der Waals surface area contributed by atoms with Gasteiger partial charge in [-0.2, -0.15) is 0 Å². The van der Waals surface area contributed by atoms with Crippen molar-refractivity contribution in [3.05, 3.63) is 53.9 Å². The minimum absolute atomic E-state index is 0.0684. The van der Waals surface area contributed by atoms with Crippen molar-refractivity contribution >= 4 is 21.6 Å². The van der Waals surface area contributed by atoms with Gasteiger partial charge in [0.2, 0.25) is 15.9 Å². The van der Waals surface area contributed by atoms with E-state index in [2.05, 4.69) is 9.71 Å². The van der Waals surface area contributed by atoms with Crippen molar-refractivity contribution in [2.45, 2.75) is 30.6 Å². The zero-order chi connectivity index (χ0) is 17.9. The van der Waals surface area contributed by atoms with E-state index in [-0.39, 0.29) is 10.8 Å². The number of nitrogens with zero attached hydrogens (tertiary/aromatic N) is 2. The Kier molecular flexibility index (Phi) is 5.15. The SMILES string of the molecule is CNS(=O)(=O)c1ccc2c(c1)CCN2C(=O)CCCc1ccccn1. The van der Waals surface area contributed by atoms with Gasteiger partial charge in [-0.1, -0.05) is 6.07 Å². The van der Waals surface area contributed by atoms with Crippen molar-refractivity contribution in [1.29, 1.82) is 0 Å². The summed E-state index contributed by atoms with van der Waals surface area (Å²) in [6.07, 6.45) is 4.39. The zero-order valence-corrected chi connectivity index (χ0v) is 14.9. The van der Waals surface area contributed by atoms with Crippen LogP contribution in [0.2, 0.25) is 0 Å². The highest BCUT2D eigenvalue weighted by Crippen LogP contribution is 2.30. The Bertz CT molecular complexity index is 866. The molecule has 25 heavy (non-hydrogen) atoms. The third kappa shape index (κ3) is 3.88. The standard InChI is InChI=1S/C18H21N3O3S/c1-19-25(23,24)16-8-9-17-14(13-16)10-12-21(17)18(22)7-4-6-15-5-2-3-11-20-15/h2-3,5,8-9,11,13,19H,4,6-7,10,12H2,1H3. The normalized spacial score (nSPS) is 13.7. The fourth-order valence-electron chi connectivity index (χ4n) is 3.02. The van der Waals surface area contributed by atoms with Crippen LogP contribution >= 0.6 is 0 Å². The molecule has 1 aliphatic rings. The first-order valence-electron chi connectivity index (χ1n) is 8.28. The Labute approximate surface area is 147 Å². The van der Waals surface area contributed by atoms with Gasteiger partial charge in [0, 0.05) is 30.5 Å². The molecule has 2 aromatic rings. The first-order chi connectivity index (χ1) is 12.0. The van der Waals surface area contributed by atoms with Gasteiger partial charge in [0.25, 0.3) is 0 Å². The van der Waals surface area contributed by atoms with E-state index in [1.54, 1.807) is 29.3 Å². The van der Waals surface area contributed by atoms with E-state index >= 15 is 0 Å². The van der Waals surface area contributed by atoms with Crippen LogP contribution in [0.1, 0.15) is 24.1 Å². The molecule has 0 saturated heterocycles. The lowest BCUT2D eigenvalue weighted by molar-refractivity contribution is -0.118. The smallest absolute Gasteiger partial charge is 0.240 e. The van der Waals surface area contributed by atoms with Crippen molar-refractivity contribution in [3.63, 3.8) is 0 Å². The summed E-state index contributed by atoms with van der Waals surface area (Å²) in [5, 5.41) is 0. The van der Waals surface area contributed by atoms with Crippen LogP contribution in [-0.4, -0.2) is 32.9 Å². The van der Waals surface area contributed by atoms with Gasteiger partial charge in [-0.25, -0.2) is 13.1 Å². The van der Waals surface area contributed by atoms with Crippen LogP contribution in [0.25, 0.3) is 0 Å². The molecule has 2 heterocycles. The van der Waals surface area contributed by atoms with Gasteiger partial charge in [-0.05, 0) is 62.2 Å². The predicted molar refractivity (Wildman–Crippen MR) is 95.9 cm³/mol. The molecule has 0 fully saturated rings. The molecule has 0 spiro atoms. The fourth-order valence-corrected chi connectivity index (χ4v) is 3.80. The first-order valence-corrected chi connectivity index (χ1v) is 9.76. The minimum atomic E-state index is -3.46. The number of hydrogen-bond donors (Lipinski definition) is 1. The Morgan fingerprint density at radius 3 is 2.84 bits per heavy atom. The molecular weight excluding hydrogens is 338 g/mol. The van der Waals surface area contributed by atoms with Gasteiger partial charge < -0.3 is 4.90 Å². The lowest BCUT2D eigenvalue weighted by Gasteiger charge is -2.17. The number of sulfonamides is 1. The van der Waals surface area contributed by atoms with Crippen molar-refractivity contribution in [2.75, 3.05) is 18.5 Å². The Morgan fingerprint density at radius 1 is 1.28 bits per heavy atom. The third-order valence-corrected chi connectivity index (χ3v) is 5.79. The largest absolute Gasteiger partial charge is 0.312 e. The second-order valence-corrected chi connectivity index (χ2v) is 7.85. The van der Waals surface area contributed by atoms with Gasteiger partial charge in [0.1, 0.15) is 0 Å². The molecule has 6 nitrogen and oxygen atoms in total. The van der Waals surface area contributed by atoms with Crippen molar-refractivity contribution in [1.82, 2.24) is 9.71 Å². The number of carbonyl (C=O) groups excluding carboxylic acids is 1. The Morgan fingerprint density at radius 2 is 2.12 bits per heavy atom. The van der Waals surface area contributed by atoms with Gasteiger partial charge in [0.05, 0.1) is 4.90 Å². The third-order valence-electron chi connectivity index (χ3n) is 4.38. The van der Waals surface area contributed by atoms with Crippen LogP contribution in [0.5, 0.6) is 0 Å². The Balaban J connectivity index is 1.65. The average molecular weight is 359 g/mol. The number of benzene rings is 1. The van der Waals surface area contributed by atoms with Crippen LogP contribution in [0.4, 0.5) is 5.69 Å². The van der Waals surface area contributed by atoms with E-state index in [0.29, 0.717) is 19.4 Å². The first kappa shape index (κ1) is 17.6. The summed E-state index contributed by atoms with van der Waals surface area (Å²) in [5.41, 5.74) is 2.70. The molecule has 132 valence electrons. The molecule has 3 rings (SSSR count). The fraction of sp³-hybridized carbons (Fsp3) is 0.333. The van der Waals surface area contributed by atoms with Gasteiger partial charge >= 0.3 is 0 Å². The molecule has 0 radical (unpaired) electrons. The summed E-state index contributed by atoms with van der Waals surface area (Å²) >= 11 is 0. The maximum Gasteiger partial charge on any atom is 0.240 e. The topological polar surface area (TPSA) is 79.4 Å². The monoisotopic (exact) mass is 359 g/mol. The quantitative estimate of drug-likeness (QED) is 0.854. The van der Waals surface area contributed by atoms with E-state index in [9.17, 15) is 13.2 Å². The number of amides is 1. The Hall–Kier alpha value is -2.25. The van der Waals surface area contributed by atoms with Crippen LogP contribution < -0.4 is 9.62 Å². The van der Waals surface area contributed by atoms with Gasteiger partial charge in [-0.15, -0.1) is 0 Å². The summed E-state index contributed by atoms with van der Waals surface area (Å²) in [6.45, 7) is 0.598. The van der Waals surface area contributed by atoms with Gasteiger partial charge in [0.15, 0.2) is 0 Å². The summed E-state index contributed by atoms with van der Waals surface area (Å²) in [4.78, 5) is 18.8. The van der Waals surface area contributed by atoms with Crippen LogP contribution in [0.15, 0.2) is 47.5 Å². The molecule has 7 heteroatoms. The number of pyridine rings is 1. The molecular formula is C18H21N3O3S. The van der Waals surface area contributed by atoms with Crippen LogP contribution in [-0.2, 0) is 27.7 Å². The molecule has 1 aliphatic heterocycles. The summed E-state index contributed by atoms with van der Waals surface area (Å²) < 4.78 is 26.1. The molecule has 1 N–H and O–H groups in total. The number of fused-ring (bicyclic) bond motifs is 1. The van der Waals surface area contributed by atoms with Crippen LogP contribution in [0, 0.1) is 0 Å². The second kappa shape index (κ2) is 7.33. The molecule has 1 aromatic carbocycles. The number of rotatable bonds is 6. The summed E-state index contributed by atoms with van der Waals surface area (Å²) in [7, 11) is -2.07. The maximum atomic E-state index is 12.5. The highest BCUT2D eigenvalue weighted by molar-refractivity contribution is 7.89. The summed E-state index contributed by atoms with van der Waals surface area (Å²) in [5.74, 6) is 0.0684. The molecule has 0 saturated carbocycles. The zero-order valence-electron chi connectivity index (χ0n) is 14.1. The minimum Gasteiger partial charge on any atom is -0.312 e. The number of aryl methyl sites for hydroxylation is 1. The van der Waals surface area contributed by atoms with E-state index < -0.39 is 10.0 Å². The molecule has 0 atom stereocenters. The summed E-state index contributed by atoms with van der Waals surface area (Å²) in [6, 6.07) is 10.7. The lowest BCUT2D eigenvalue weighted by Crippen LogP contribution is -2.28. The van der Waals surface area contributed by atoms with Crippen molar-refractivity contribution in [2.24, 2.45) is 0 Å². The van der Waals surface area contributed by atoms with E-state index in [1.807, 2.05) is 18.2 Å². The lowest BCUT2D eigenvalue weighted by atomic mass is 10.1. The predicted octanol–water partition coefficient (Wildman–Crippen LogP) is 1.90. The van der Waals surface area contributed by atoms with Crippen LogP contribution in [0.3, 0.4) is 0 Å². The maximum absolute atomic E-state index is 12.5. The number of carbonyl (C=O) groups is 1. The molecule has 0 unspecified atom stereocenters. The van der Waals surface area contributed by atoms with E-state index in [1.165, 1.54) is 7.05 Å². The van der Waals surface area contributed by atoms with Crippen molar-refractivity contribution in [3.8, 4) is 0 Å². The van der Waals surface area contributed by atoms with E-state index in [0.717, 1.165) is 29.8 Å². The average Bonchev–Trinajstić information content (AvgIpc) is 3.06. The number of aromatic nitrogens is 1. The number of nitrogens with one attached hydrogen (secondary N) is 1. The number of anilines is 1. The molecule has 1 amide bonds. The van der Waals surface area contributed by atoms with Gasteiger partial charge in [-0.3, -0.25) is 9.78 Å². The molecule has 0 bridgehead atoms. The van der Waals surface area contributed by atoms with Crippen molar-refractivity contribution < 1.29 is 13.2 Å². The highest BCUT2D eigenvalue weighted by atomic mass is 32.2. The molecule has 1 aromatic heterocycles. The number of hydrogen-bond acceptors (Lipinski definition) is 4. The highest BCUT2D eigenvalue weighted by Gasteiger charge is 2.26. The second-order valence-electron chi connectivity index (χ2n) is 5.97. The molecule has 0 aliphatic carbocycles.